The van der Waals surface area contributed by atoms with E-state index >= 15 is 0 Å². The molecule has 0 bridgehead atoms. The Kier molecular flexibility index (Phi) is 5.12. The van der Waals surface area contributed by atoms with Crippen molar-refractivity contribution < 1.29 is 28.0 Å². The van der Waals surface area contributed by atoms with Crippen LogP contribution in [0.1, 0.15) is 28.8 Å². The topological polar surface area (TPSA) is 83.7 Å². The molecule has 132 valence electrons. The molecular formula is C15H17F3N2O4. The maximum absolute atomic E-state index is 12.5. The van der Waals surface area contributed by atoms with Gasteiger partial charge in [-0.15, -0.1) is 0 Å². The van der Waals surface area contributed by atoms with Gasteiger partial charge in [-0.25, -0.2) is 0 Å². The highest BCUT2D eigenvalue weighted by atomic mass is 19.4. The first-order valence-electron chi connectivity index (χ1n) is 7.41. The number of hydrogen-bond donors (Lipinski definition) is 1. The van der Waals surface area contributed by atoms with Gasteiger partial charge in [-0.05, 0) is 31.7 Å². The first-order valence-corrected chi connectivity index (χ1v) is 7.41. The third-order valence-electron chi connectivity index (χ3n) is 4.26. The number of likely N-dealkylation sites (tertiary alicyclic amines) is 1. The van der Waals surface area contributed by atoms with Crippen LogP contribution >= 0.6 is 0 Å². The number of hydrogen-bond acceptors (Lipinski definition) is 4. The van der Waals surface area contributed by atoms with Crippen LogP contribution in [0.15, 0.2) is 18.2 Å². The number of halogens is 3. The van der Waals surface area contributed by atoms with Gasteiger partial charge in [0.25, 0.3) is 11.6 Å². The molecule has 1 atom stereocenters. The van der Waals surface area contributed by atoms with E-state index in [9.17, 15) is 33.2 Å². The molecule has 0 spiro atoms. The SMILES string of the molecule is Cc1cccc(C(=O)N2CCC(C(O)C(F)(F)F)CC2)c1[N+](=O)[O-]. The van der Waals surface area contributed by atoms with Crippen molar-refractivity contribution in [2.24, 2.45) is 5.92 Å². The van der Waals surface area contributed by atoms with E-state index in [0.29, 0.717) is 5.56 Å². The summed E-state index contributed by atoms with van der Waals surface area (Å²) in [5.74, 6) is -1.55. The number of nitro groups is 1. The number of nitro benzene ring substituents is 1. The summed E-state index contributed by atoms with van der Waals surface area (Å²) in [6, 6.07) is 4.38. The molecule has 1 aromatic rings. The lowest BCUT2D eigenvalue weighted by molar-refractivity contribution is -0.385. The molecule has 6 nitrogen and oxygen atoms in total. The molecule has 1 aliphatic heterocycles. The summed E-state index contributed by atoms with van der Waals surface area (Å²) in [6.45, 7) is 1.55. The van der Waals surface area contributed by atoms with E-state index in [1.807, 2.05) is 0 Å². The van der Waals surface area contributed by atoms with Gasteiger partial charge < -0.3 is 10.0 Å². The van der Waals surface area contributed by atoms with Crippen LogP contribution in [0.4, 0.5) is 18.9 Å². The molecule has 9 heteroatoms. The largest absolute Gasteiger partial charge is 0.414 e. The molecule has 0 aliphatic carbocycles. The number of nitrogens with zero attached hydrogens (tertiary/aromatic N) is 2. The normalized spacial score (nSPS) is 17.6. The second kappa shape index (κ2) is 6.76. The lowest BCUT2D eigenvalue weighted by Crippen LogP contribution is -2.45. The second-order valence-corrected chi connectivity index (χ2v) is 5.84. The lowest BCUT2D eigenvalue weighted by atomic mass is 9.90. The van der Waals surface area contributed by atoms with Crippen LogP contribution in [-0.2, 0) is 0 Å². The van der Waals surface area contributed by atoms with Crippen molar-refractivity contribution in [2.75, 3.05) is 13.1 Å². The third kappa shape index (κ3) is 3.66. The zero-order valence-corrected chi connectivity index (χ0v) is 12.9. The molecular weight excluding hydrogens is 329 g/mol. The second-order valence-electron chi connectivity index (χ2n) is 5.84. The summed E-state index contributed by atoms with van der Waals surface area (Å²) < 4.78 is 37.6. The van der Waals surface area contributed by atoms with Crippen molar-refractivity contribution >= 4 is 11.6 Å². The van der Waals surface area contributed by atoms with Crippen LogP contribution in [0.5, 0.6) is 0 Å². The van der Waals surface area contributed by atoms with Gasteiger partial charge in [0.1, 0.15) is 5.56 Å². The Bertz CT molecular complexity index is 640. The Morgan fingerprint density at radius 3 is 2.46 bits per heavy atom. The molecule has 1 aromatic carbocycles. The number of alkyl halides is 3. The van der Waals surface area contributed by atoms with Gasteiger partial charge in [0.15, 0.2) is 6.10 Å². The summed E-state index contributed by atoms with van der Waals surface area (Å²) in [5.41, 5.74) is -0.0250. The first kappa shape index (κ1) is 18.2. The Morgan fingerprint density at radius 1 is 1.38 bits per heavy atom. The minimum absolute atomic E-state index is 0.00791. The zero-order valence-electron chi connectivity index (χ0n) is 12.9. The molecule has 24 heavy (non-hydrogen) atoms. The number of benzene rings is 1. The van der Waals surface area contributed by atoms with Crippen molar-refractivity contribution in [3.8, 4) is 0 Å². The van der Waals surface area contributed by atoms with Gasteiger partial charge in [0.05, 0.1) is 4.92 Å². The van der Waals surface area contributed by atoms with Crippen LogP contribution in [0.25, 0.3) is 0 Å². The quantitative estimate of drug-likeness (QED) is 0.674. The van der Waals surface area contributed by atoms with Gasteiger partial charge in [0.2, 0.25) is 0 Å². The molecule has 0 aromatic heterocycles. The molecule has 1 amide bonds. The monoisotopic (exact) mass is 346 g/mol. The van der Waals surface area contributed by atoms with Crippen LogP contribution < -0.4 is 0 Å². The van der Waals surface area contributed by atoms with E-state index < -0.39 is 29.0 Å². The number of piperidine rings is 1. The van der Waals surface area contributed by atoms with E-state index in [1.165, 1.54) is 30.0 Å². The molecule has 0 saturated carbocycles. The average molecular weight is 346 g/mol. The maximum atomic E-state index is 12.5. The molecule has 0 radical (unpaired) electrons. The highest BCUT2D eigenvalue weighted by Crippen LogP contribution is 2.32. The highest BCUT2D eigenvalue weighted by molar-refractivity contribution is 5.98. The fraction of sp³-hybridized carbons (Fsp3) is 0.533. The molecule has 1 saturated heterocycles. The summed E-state index contributed by atoms with van der Waals surface area (Å²) >= 11 is 0. The van der Waals surface area contributed by atoms with Crippen LogP contribution in [0, 0.1) is 23.0 Å². The maximum Gasteiger partial charge on any atom is 0.414 e. The highest BCUT2D eigenvalue weighted by Gasteiger charge is 2.44. The number of aliphatic hydroxyl groups excluding tert-OH is 1. The predicted octanol–water partition coefficient (Wildman–Crippen LogP) is 2.68. The molecule has 1 heterocycles. The molecule has 1 N–H and O–H groups in total. The Labute approximate surface area is 136 Å². The number of carbonyl (C=O) groups excluding carboxylic acids is 1. The van der Waals surface area contributed by atoms with Crippen molar-refractivity contribution in [2.45, 2.75) is 32.0 Å². The van der Waals surface area contributed by atoms with Gasteiger partial charge in [-0.2, -0.15) is 13.2 Å². The van der Waals surface area contributed by atoms with Gasteiger partial charge in [0, 0.05) is 18.7 Å². The Hall–Kier alpha value is -2.16. The fourth-order valence-corrected chi connectivity index (χ4v) is 2.93. The number of aryl methyl sites for hydroxylation is 1. The summed E-state index contributed by atoms with van der Waals surface area (Å²) in [7, 11) is 0. The fourth-order valence-electron chi connectivity index (χ4n) is 2.93. The molecule has 1 unspecified atom stereocenters. The van der Waals surface area contributed by atoms with Crippen molar-refractivity contribution in [1.29, 1.82) is 0 Å². The molecule has 1 fully saturated rings. The van der Waals surface area contributed by atoms with Crippen molar-refractivity contribution in [3.05, 3.63) is 39.4 Å². The summed E-state index contributed by atoms with van der Waals surface area (Å²) in [4.78, 5) is 24.3. The van der Waals surface area contributed by atoms with Crippen LogP contribution in [0.3, 0.4) is 0 Å². The number of amides is 1. The Balaban J connectivity index is 2.12. The molecule has 1 aliphatic rings. The van der Waals surface area contributed by atoms with E-state index in [0.717, 1.165) is 0 Å². The number of rotatable bonds is 3. The number of carbonyl (C=O) groups is 1. The molecule has 2 rings (SSSR count). The van der Waals surface area contributed by atoms with E-state index in [4.69, 9.17) is 0 Å². The summed E-state index contributed by atoms with van der Waals surface area (Å²) in [5, 5.41) is 20.4. The van der Waals surface area contributed by atoms with Crippen molar-refractivity contribution in [1.82, 2.24) is 4.90 Å². The third-order valence-corrected chi connectivity index (χ3v) is 4.26. The zero-order chi connectivity index (χ0) is 18.1. The summed E-state index contributed by atoms with van der Waals surface area (Å²) in [6.07, 6.45) is -7.12. The van der Waals surface area contributed by atoms with E-state index in [1.54, 1.807) is 0 Å². The first-order chi connectivity index (χ1) is 11.1. The van der Waals surface area contributed by atoms with Crippen molar-refractivity contribution in [3.63, 3.8) is 0 Å². The minimum Gasteiger partial charge on any atom is -0.383 e. The average Bonchev–Trinajstić information content (AvgIpc) is 2.52. The van der Waals surface area contributed by atoms with E-state index in [2.05, 4.69) is 0 Å². The van der Waals surface area contributed by atoms with Crippen LogP contribution in [0.2, 0.25) is 0 Å². The smallest absolute Gasteiger partial charge is 0.383 e. The Morgan fingerprint density at radius 2 is 1.96 bits per heavy atom. The van der Waals surface area contributed by atoms with Gasteiger partial charge in [-0.3, -0.25) is 14.9 Å². The van der Waals surface area contributed by atoms with Gasteiger partial charge in [-0.1, -0.05) is 12.1 Å². The van der Waals surface area contributed by atoms with Gasteiger partial charge >= 0.3 is 6.18 Å². The predicted molar refractivity (Wildman–Crippen MR) is 78.5 cm³/mol. The minimum atomic E-state index is -4.69. The lowest BCUT2D eigenvalue weighted by Gasteiger charge is -2.34. The number of para-hydroxylation sites is 1. The standard InChI is InChI=1S/C15H17F3N2O4/c1-9-3-2-4-11(12(9)20(23)24)14(22)19-7-5-10(6-8-19)13(21)15(16,17)18/h2-4,10,13,21H,5-8H2,1H3. The van der Waals surface area contributed by atoms with E-state index in [-0.39, 0.29) is 37.2 Å². The number of aliphatic hydroxyl groups is 1. The van der Waals surface area contributed by atoms with Crippen LogP contribution in [-0.4, -0.2) is 46.2 Å².